The minimum atomic E-state index is -0.788. The van der Waals surface area contributed by atoms with Gasteiger partial charge in [-0.2, -0.15) is 0 Å². The second-order valence-electron chi connectivity index (χ2n) is 9.88. The van der Waals surface area contributed by atoms with Crippen LogP contribution in [0, 0.1) is 0 Å². The van der Waals surface area contributed by atoms with E-state index in [2.05, 4.69) is 37.2 Å². The Labute approximate surface area is 203 Å². The quantitative estimate of drug-likeness (QED) is 0.551. The lowest BCUT2D eigenvalue weighted by Gasteiger charge is -2.40. The monoisotopic (exact) mass is 468 g/mol. The lowest BCUT2D eigenvalue weighted by molar-refractivity contribution is 0.0259. The largest absolute Gasteiger partial charge is 0.492 e. The van der Waals surface area contributed by atoms with Gasteiger partial charge in [-0.1, -0.05) is 18.6 Å². The predicted octanol–water partition coefficient (Wildman–Crippen LogP) is 2.53. The second-order valence-corrected chi connectivity index (χ2v) is 9.88. The molecule has 1 atom stereocenters. The van der Waals surface area contributed by atoms with Gasteiger partial charge in [0.15, 0.2) is 0 Å². The molecule has 3 heterocycles. The number of rotatable bonds is 10. The van der Waals surface area contributed by atoms with Gasteiger partial charge in [0.25, 0.3) is 0 Å². The van der Waals surface area contributed by atoms with Gasteiger partial charge < -0.3 is 25.0 Å². The van der Waals surface area contributed by atoms with E-state index in [-0.39, 0.29) is 0 Å². The smallest absolute Gasteiger partial charge is 0.134 e. The van der Waals surface area contributed by atoms with E-state index in [4.69, 9.17) is 4.74 Å². The lowest BCUT2D eigenvalue weighted by atomic mass is 9.92. The standard InChI is InChI=1S/C26H40N6O2/c1-30(2)24-17-25(29-21-28-24)32-13-7-10-26(33,20-32)19-27-18-22-8-6-9-23(16-22)34-15-14-31-11-4-3-5-12-31/h6,8-9,16-17,21,27,33H,3-5,7,10-15,18-20H2,1-2H3. The molecule has 1 unspecified atom stereocenters. The third kappa shape index (κ3) is 7.04. The van der Waals surface area contributed by atoms with E-state index < -0.39 is 5.60 Å². The van der Waals surface area contributed by atoms with Crippen LogP contribution in [0.25, 0.3) is 0 Å². The highest BCUT2D eigenvalue weighted by atomic mass is 16.5. The van der Waals surface area contributed by atoms with E-state index in [0.29, 0.717) is 19.6 Å². The molecule has 0 bridgehead atoms. The van der Waals surface area contributed by atoms with Gasteiger partial charge in [0.05, 0.1) is 5.60 Å². The number of aromatic nitrogens is 2. The van der Waals surface area contributed by atoms with E-state index in [9.17, 15) is 5.11 Å². The number of piperidine rings is 2. The number of aliphatic hydroxyl groups is 1. The fourth-order valence-electron chi connectivity index (χ4n) is 4.87. The third-order valence-corrected chi connectivity index (χ3v) is 6.78. The van der Waals surface area contributed by atoms with Crippen LogP contribution in [0.1, 0.15) is 37.7 Å². The van der Waals surface area contributed by atoms with Crippen LogP contribution < -0.4 is 19.9 Å². The fraction of sp³-hybridized carbons (Fsp3) is 0.615. The molecule has 2 N–H and O–H groups in total. The maximum absolute atomic E-state index is 11.3. The van der Waals surface area contributed by atoms with Crippen molar-refractivity contribution in [2.75, 3.05) is 69.8 Å². The van der Waals surface area contributed by atoms with E-state index in [1.54, 1.807) is 6.33 Å². The average molecular weight is 469 g/mol. The minimum absolute atomic E-state index is 0.537. The van der Waals surface area contributed by atoms with Crippen molar-refractivity contribution in [2.24, 2.45) is 0 Å². The van der Waals surface area contributed by atoms with Crippen LogP contribution in [0.3, 0.4) is 0 Å². The van der Waals surface area contributed by atoms with Crippen LogP contribution >= 0.6 is 0 Å². The molecule has 8 nitrogen and oxygen atoms in total. The molecule has 34 heavy (non-hydrogen) atoms. The summed E-state index contributed by atoms with van der Waals surface area (Å²) in [7, 11) is 3.94. The Morgan fingerprint density at radius 2 is 1.94 bits per heavy atom. The zero-order valence-electron chi connectivity index (χ0n) is 20.7. The minimum Gasteiger partial charge on any atom is -0.492 e. The van der Waals surface area contributed by atoms with E-state index in [1.807, 2.05) is 37.2 Å². The van der Waals surface area contributed by atoms with Crippen molar-refractivity contribution in [2.45, 2.75) is 44.2 Å². The number of ether oxygens (including phenoxy) is 1. The Morgan fingerprint density at radius 1 is 1.09 bits per heavy atom. The van der Waals surface area contributed by atoms with Crippen LogP contribution in [-0.4, -0.2) is 85.5 Å². The van der Waals surface area contributed by atoms with E-state index in [1.165, 1.54) is 32.4 Å². The summed E-state index contributed by atoms with van der Waals surface area (Å²) >= 11 is 0. The number of β-amino-alcohol motifs (C(OH)–C–C–N with tert-alkyl or cyclic N) is 1. The Morgan fingerprint density at radius 3 is 2.76 bits per heavy atom. The molecule has 1 aromatic carbocycles. The summed E-state index contributed by atoms with van der Waals surface area (Å²) in [5, 5.41) is 14.7. The maximum atomic E-state index is 11.3. The number of anilines is 2. The van der Waals surface area contributed by atoms with Crippen molar-refractivity contribution in [3.63, 3.8) is 0 Å². The van der Waals surface area contributed by atoms with Crippen molar-refractivity contribution in [3.05, 3.63) is 42.2 Å². The first-order valence-electron chi connectivity index (χ1n) is 12.6. The van der Waals surface area contributed by atoms with Gasteiger partial charge in [-0.25, -0.2) is 9.97 Å². The number of hydrogen-bond acceptors (Lipinski definition) is 8. The van der Waals surface area contributed by atoms with Crippen LogP contribution in [0.15, 0.2) is 36.7 Å². The van der Waals surface area contributed by atoms with Crippen LogP contribution in [-0.2, 0) is 6.54 Å². The fourth-order valence-corrected chi connectivity index (χ4v) is 4.87. The molecule has 4 rings (SSSR count). The van der Waals surface area contributed by atoms with Gasteiger partial charge in [-0.05, 0) is 56.5 Å². The van der Waals surface area contributed by atoms with Gasteiger partial charge in [-0.3, -0.25) is 4.90 Å². The van der Waals surface area contributed by atoms with Crippen LogP contribution in [0.4, 0.5) is 11.6 Å². The second kappa shape index (κ2) is 11.8. The summed E-state index contributed by atoms with van der Waals surface area (Å²) in [5.74, 6) is 2.65. The highest BCUT2D eigenvalue weighted by molar-refractivity contribution is 5.49. The van der Waals surface area contributed by atoms with Gasteiger partial charge in [0.2, 0.25) is 0 Å². The van der Waals surface area contributed by atoms with Crippen molar-refractivity contribution in [1.29, 1.82) is 0 Å². The Balaban J connectivity index is 1.24. The number of benzene rings is 1. The molecule has 1 aromatic heterocycles. The van der Waals surface area contributed by atoms with Crippen LogP contribution in [0.2, 0.25) is 0 Å². The van der Waals surface area contributed by atoms with E-state index in [0.717, 1.165) is 55.5 Å². The summed E-state index contributed by atoms with van der Waals surface area (Å²) in [6.07, 6.45) is 7.28. The van der Waals surface area contributed by atoms with Gasteiger partial charge >= 0.3 is 0 Å². The predicted molar refractivity (Wildman–Crippen MR) is 137 cm³/mol. The van der Waals surface area contributed by atoms with Crippen molar-refractivity contribution in [3.8, 4) is 5.75 Å². The summed E-state index contributed by atoms with van der Waals surface area (Å²) in [5.41, 5.74) is 0.377. The van der Waals surface area contributed by atoms with E-state index >= 15 is 0 Å². The molecule has 0 spiro atoms. The zero-order valence-corrected chi connectivity index (χ0v) is 20.7. The van der Waals surface area contributed by atoms with Gasteiger partial charge in [0.1, 0.15) is 30.3 Å². The topological polar surface area (TPSA) is 77.0 Å². The number of nitrogens with one attached hydrogen (secondary N) is 1. The SMILES string of the molecule is CN(C)c1cc(N2CCCC(O)(CNCc3cccc(OCCN4CCCCC4)c3)C2)ncn1. The molecular weight excluding hydrogens is 428 g/mol. The number of nitrogens with zero attached hydrogens (tertiary/aromatic N) is 5. The molecule has 8 heteroatoms. The molecule has 0 aliphatic carbocycles. The lowest BCUT2D eigenvalue weighted by Crippen LogP contribution is -2.53. The molecule has 0 amide bonds. The molecule has 2 saturated heterocycles. The summed E-state index contributed by atoms with van der Waals surface area (Å²) in [6.45, 7) is 6.80. The van der Waals surface area contributed by atoms with Gasteiger partial charge in [0, 0.05) is 52.9 Å². The van der Waals surface area contributed by atoms with Crippen molar-refractivity contribution >= 4 is 11.6 Å². The van der Waals surface area contributed by atoms with Crippen LogP contribution in [0.5, 0.6) is 5.75 Å². The Kier molecular flexibility index (Phi) is 8.59. The molecule has 2 aromatic rings. The first-order valence-corrected chi connectivity index (χ1v) is 12.6. The highest BCUT2D eigenvalue weighted by Crippen LogP contribution is 2.26. The molecule has 2 aliphatic heterocycles. The van der Waals surface area contributed by atoms with Crippen molar-refractivity contribution < 1.29 is 9.84 Å². The molecule has 2 aliphatic rings. The summed E-state index contributed by atoms with van der Waals surface area (Å²) in [4.78, 5) is 15.4. The number of likely N-dealkylation sites (tertiary alicyclic amines) is 1. The molecule has 0 radical (unpaired) electrons. The first kappa shape index (κ1) is 24.7. The highest BCUT2D eigenvalue weighted by Gasteiger charge is 2.33. The molecule has 186 valence electrons. The maximum Gasteiger partial charge on any atom is 0.134 e. The Bertz CT molecular complexity index is 904. The normalized spacial score (nSPS) is 21.4. The summed E-state index contributed by atoms with van der Waals surface area (Å²) in [6, 6.07) is 10.3. The average Bonchev–Trinajstić information content (AvgIpc) is 2.85. The zero-order chi connectivity index (χ0) is 23.8. The molecule has 0 saturated carbocycles. The third-order valence-electron chi connectivity index (χ3n) is 6.78. The Hall–Kier alpha value is -2.42. The van der Waals surface area contributed by atoms with Crippen molar-refractivity contribution in [1.82, 2.24) is 20.2 Å². The first-order chi connectivity index (χ1) is 16.5. The van der Waals surface area contributed by atoms with Gasteiger partial charge in [-0.15, -0.1) is 0 Å². The summed E-state index contributed by atoms with van der Waals surface area (Å²) < 4.78 is 6.01. The number of hydrogen-bond donors (Lipinski definition) is 2. The molecule has 2 fully saturated rings. The molecular formula is C26H40N6O2.